The van der Waals surface area contributed by atoms with Crippen molar-refractivity contribution < 1.29 is 18.7 Å². The Bertz CT molecular complexity index is 1130. The highest BCUT2D eigenvalue weighted by atomic mass is 19.1. The molecule has 1 aliphatic rings. The first-order chi connectivity index (χ1) is 15.2. The molecule has 0 spiro atoms. The zero-order valence-corrected chi connectivity index (χ0v) is 18.6. The van der Waals surface area contributed by atoms with Gasteiger partial charge < -0.3 is 19.7 Å². The number of nitrogens with zero attached hydrogens (tertiary/aromatic N) is 5. The van der Waals surface area contributed by atoms with Gasteiger partial charge in [0, 0.05) is 25.3 Å². The standard InChI is InChI=1S/C22H27FN6O3/c1-22(2,3)32-21(30)28-10-7-8-14(13-28)25-19-17(23)20(31-4)27-18(26-19)15-12-24-29-11-6-5-9-16(15)29/h5-6,9,11-12,14H,7-8,10,13H2,1-4H3,(H,25,26,27)/t14-/m1/s1. The normalized spacial score (nSPS) is 16.8. The van der Waals surface area contributed by atoms with E-state index in [1.165, 1.54) is 7.11 Å². The lowest BCUT2D eigenvalue weighted by Crippen LogP contribution is -2.47. The van der Waals surface area contributed by atoms with Gasteiger partial charge in [-0.05, 0) is 45.7 Å². The van der Waals surface area contributed by atoms with E-state index < -0.39 is 11.4 Å². The molecule has 3 aromatic heterocycles. The van der Waals surface area contributed by atoms with Crippen LogP contribution >= 0.6 is 0 Å². The molecule has 1 fully saturated rings. The number of hydrogen-bond donors (Lipinski definition) is 1. The molecule has 0 aromatic carbocycles. The zero-order valence-electron chi connectivity index (χ0n) is 18.6. The van der Waals surface area contributed by atoms with Crippen LogP contribution in [0.15, 0.2) is 30.6 Å². The van der Waals surface area contributed by atoms with Crippen LogP contribution in [0.1, 0.15) is 33.6 Å². The Kier molecular flexibility index (Phi) is 5.86. The Balaban J connectivity index is 1.59. The van der Waals surface area contributed by atoms with Crippen LogP contribution in [-0.2, 0) is 4.74 Å². The highest BCUT2D eigenvalue weighted by Crippen LogP contribution is 2.29. The summed E-state index contributed by atoms with van der Waals surface area (Å²) in [5.74, 6) is -0.514. The molecule has 1 aliphatic heterocycles. The lowest BCUT2D eigenvalue weighted by molar-refractivity contribution is 0.0206. The van der Waals surface area contributed by atoms with Crippen LogP contribution in [0.3, 0.4) is 0 Å². The Labute approximate surface area is 185 Å². The van der Waals surface area contributed by atoms with Crippen molar-refractivity contribution in [3.8, 4) is 17.3 Å². The largest absolute Gasteiger partial charge is 0.479 e. The topological polar surface area (TPSA) is 93.9 Å². The lowest BCUT2D eigenvalue weighted by Gasteiger charge is -2.34. The average Bonchev–Trinajstić information content (AvgIpc) is 3.18. The monoisotopic (exact) mass is 442 g/mol. The number of methoxy groups -OCH3 is 1. The summed E-state index contributed by atoms with van der Waals surface area (Å²) in [6.45, 7) is 6.46. The molecule has 0 bridgehead atoms. The molecule has 1 amide bonds. The van der Waals surface area contributed by atoms with E-state index in [0.717, 1.165) is 18.4 Å². The third kappa shape index (κ3) is 4.58. The lowest BCUT2D eigenvalue weighted by atomic mass is 10.1. The maximum atomic E-state index is 15.0. The molecule has 32 heavy (non-hydrogen) atoms. The maximum Gasteiger partial charge on any atom is 0.410 e. The first-order valence-electron chi connectivity index (χ1n) is 10.5. The molecular weight excluding hydrogens is 415 g/mol. The van der Waals surface area contributed by atoms with Crippen LogP contribution in [-0.4, -0.2) is 62.4 Å². The Morgan fingerprint density at radius 1 is 1.28 bits per heavy atom. The molecule has 0 radical (unpaired) electrons. The minimum atomic E-state index is -0.679. The first-order valence-corrected chi connectivity index (χ1v) is 10.5. The molecule has 3 aromatic rings. The molecule has 9 nitrogen and oxygen atoms in total. The van der Waals surface area contributed by atoms with E-state index in [4.69, 9.17) is 9.47 Å². The van der Waals surface area contributed by atoms with Gasteiger partial charge in [0.1, 0.15) is 5.60 Å². The van der Waals surface area contributed by atoms with Crippen molar-refractivity contribution >= 4 is 17.4 Å². The third-order valence-corrected chi connectivity index (χ3v) is 5.10. The van der Waals surface area contributed by atoms with Gasteiger partial charge in [-0.1, -0.05) is 6.07 Å². The van der Waals surface area contributed by atoms with E-state index in [1.54, 1.807) is 15.6 Å². The van der Waals surface area contributed by atoms with Gasteiger partial charge in [-0.15, -0.1) is 0 Å². The van der Waals surface area contributed by atoms with Crippen molar-refractivity contribution in [2.24, 2.45) is 0 Å². The fourth-order valence-electron chi connectivity index (χ4n) is 3.67. The van der Waals surface area contributed by atoms with Gasteiger partial charge in [0.15, 0.2) is 11.6 Å². The quantitative estimate of drug-likeness (QED) is 0.658. The number of nitrogens with one attached hydrogen (secondary N) is 1. The van der Waals surface area contributed by atoms with Gasteiger partial charge in [-0.2, -0.15) is 14.5 Å². The minimum Gasteiger partial charge on any atom is -0.479 e. The summed E-state index contributed by atoms with van der Waals surface area (Å²) in [5.41, 5.74) is 0.874. The van der Waals surface area contributed by atoms with Crippen LogP contribution in [0, 0.1) is 5.82 Å². The predicted molar refractivity (Wildman–Crippen MR) is 117 cm³/mol. The Morgan fingerprint density at radius 2 is 2.09 bits per heavy atom. The number of hydrogen-bond acceptors (Lipinski definition) is 7. The van der Waals surface area contributed by atoms with Crippen molar-refractivity contribution in [2.45, 2.75) is 45.3 Å². The molecule has 1 saturated heterocycles. The first kappa shape index (κ1) is 21.8. The molecular formula is C22H27FN6O3. The third-order valence-electron chi connectivity index (χ3n) is 5.10. The van der Waals surface area contributed by atoms with E-state index >= 15 is 4.39 Å². The molecule has 10 heteroatoms. The van der Waals surface area contributed by atoms with Crippen LogP contribution in [0.25, 0.3) is 16.9 Å². The number of carbonyl (C=O) groups is 1. The van der Waals surface area contributed by atoms with Gasteiger partial charge in [-0.25, -0.2) is 14.3 Å². The molecule has 4 heterocycles. The number of carbonyl (C=O) groups excluding carboxylic acids is 1. The molecule has 0 aliphatic carbocycles. The summed E-state index contributed by atoms with van der Waals surface area (Å²) in [5, 5.41) is 7.44. The van der Waals surface area contributed by atoms with Crippen molar-refractivity contribution in [3.05, 3.63) is 36.4 Å². The van der Waals surface area contributed by atoms with Crippen LogP contribution < -0.4 is 10.1 Å². The summed E-state index contributed by atoms with van der Waals surface area (Å²) in [6.07, 6.45) is 4.60. The van der Waals surface area contributed by atoms with Crippen LogP contribution in [0.5, 0.6) is 5.88 Å². The number of anilines is 1. The molecule has 170 valence electrons. The number of fused-ring (bicyclic) bond motifs is 1. The molecule has 0 saturated carbocycles. The van der Waals surface area contributed by atoms with Gasteiger partial charge in [0.2, 0.25) is 5.82 Å². The number of rotatable bonds is 4. The second-order valence-electron chi connectivity index (χ2n) is 8.72. The van der Waals surface area contributed by atoms with Crippen LogP contribution in [0.2, 0.25) is 0 Å². The zero-order chi connectivity index (χ0) is 22.9. The molecule has 1 atom stereocenters. The van der Waals surface area contributed by atoms with Gasteiger partial charge in [-0.3, -0.25) is 0 Å². The fraction of sp³-hybridized carbons (Fsp3) is 0.455. The number of likely N-dealkylation sites (tertiary alicyclic amines) is 1. The van der Waals surface area contributed by atoms with Gasteiger partial charge in [0.05, 0.1) is 24.4 Å². The number of halogens is 1. The maximum absolute atomic E-state index is 15.0. The number of amides is 1. The highest BCUT2D eigenvalue weighted by Gasteiger charge is 2.29. The fourth-order valence-corrected chi connectivity index (χ4v) is 3.67. The van der Waals surface area contributed by atoms with E-state index in [1.807, 2.05) is 45.2 Å². The van der Waals surface area contributed by atoms with Crippen LogP contribution in [0.4, 0.5) is 15.0 Å². The van der Waals surface area contributed by atoms with Crippen molar-refractivity contribution in [1.29, 1.82) is 0 Å². The van der Waals surface area contributed by atoms with Gasteiger partial charge in [0.25, 0.3) is 5.88 Å². The summed E-state index contributed by atoms with van der Waals surface area (Å²) < 4.78 is 27.3. The number of ether oxygens (including phenoxy) is 2. The van der Waals surface area contributed by atoms with E-state index in [-0.39, 0.29) is 23.8 Å². The number of piperidine rings is 1. The SMILES string of the molecule is COc1nc(-c2cnn3ccccc23)nc(N[C@@H]2CCCN(C(=O)OC(C)(C)C)C2)c1F. The van der Waals surface area contributed by atoms with Crippen molar-refractivity contribution in [3.63, 3.8) is 0 Å². The van der Waals surface area contributed by atoms with E-state index in [2.05, 4.69) is 20.4 Å². The average molecular weight is 442 g/mol. The van der Waals surface area contributed by atoms with E-state index in [9.17, 15) is 4.79 Å². The summed E-state index contributed by atoms with van der Waals surface area (Å²) >= 11 is 0. The summed E-state index contributed by atoms with van der Waals surface area (Å²) in [7, 11) is 1.36. The number of pyridine rings is 1. The highest BCUT2D eigenvalue weighted by molar-refractivity contribution is 5.76. The second kappa shape index (κ2) is 8.60. The van der Waals surface area contributed by atoms with Gasteiger partial charge >= 0.3 is 6.09 Å². The Hall–Kier alpha value is -3.43. The molecule has 4 rings (SSSR count). The smallest absolute Gasteiger partial charge is 0.410 e. The Morgan fingerprint density at radius 3 is 2.84 bits per heavy atom. The predicted octanol–water partition coefficient (Wildman–Crippen LogP) is 3.75. The second-order valence-corrected chi connectivity index (χ2v) is 8.72. The minimum absolute atomic E-state index is 0.0261. The molecule has 0 unspecified atom stereocenters. The summed E-state index contributed by atoms with van der Waals surface area (Å²) in [4.78, 5) is 22.8. The van der Waals surface area contributed by atoms with E-state index in [0.29, 0.717) is 24.5 Å². The summed E-state index contributed by atoms with van der Waals surface area (Å²) in [6, 6.07) is 5.44. The molecule has 1 N–H and O–H groups in total. The number of aromatic nitrogens is 4. The van der Waals surface area contributed by atoms with Crippen molar-refractivity contribution in [1.82, 2.24) is 24.5 Å². The van der Waals surface area contributed by atoms with Crippen molar-refractivity contribution in [2.75, 3.05) is 25.5 Å².